The van der Waals surface area contributed by atoms with Crippen molar-refractivity contribution in [3.63, 3.8) is 0 Å². The summed E-state index contributed by atoms with van der Waals surface area (Å²) < 4.78 is 63.5. The molecule has 0 aliphatic heterocycles. The molecule has 28 heteroatoms. The molecule has 2 atom stereocenters. The van der Waals surface area contributed by atoms with Gasteiger partial charge in [-0.25, -0.2) is 9.59 Å². The fourth-order valence-electron chi connectivity index (χ4n) is 9.50. The first kappa shape index (κ1) is 89.8. The first-order valence-corrected chi connectivity index (χ1v) is 33.8. The van der Waals surface area contributed by atoms with Crippen molar-refractivity contribution >= 4 is 59.3 Å². The summed E-state index contributed by atoms with van der Waals surface area (Å²) in [4.78, 5) is 105. The number of unbranched alkanes of at least 4 members (excludes halogenated alkanes) is 32. The van der Waals surface area contributed by atoms with Crippen LogP contribution in [0.1, 0.15) is 271 Å². The second kappa shape index (κ2) is 60.8. The molecule has 0 aromatic rings. The molecule has 0 radical (unpaired) electrons. The Kier molecular flexibility index (Phi) is 59.4. The predicted octanol–water partition coefficient (Wildman–Crippen LogP) is 10.5. The van der Waals surface area contributed by atoms with Crippen LogP contribution >= 0.6 is 0 Å². The third-order valence-electron chi connectivity index (χ3n) is 14.8. The van der Waals surface area contributed by atoms with E-state index in [0.29, 0.717) is 25.7 Å². The molecule has 0 spiro atoms. The zero-order chi connectivity index (χ0) is 69.7. The molecule has 0 aromatic carbocycles. The average molecular weight is 1330 g/mol. The van der Waals surface area contributed by atoms with Gasteiger partial charge in [0.05, 0.1) is 0 Å². The lowest BCUT2D eigenvalue weighted by Crippen LogP contribution is -2.52. The van der Waals surface area contributed by atoms with Crippen LogP contribution in [0.25, 0.3) is 0 Å². The van der Waals surface area contributed by atoms with Gasteiger partial charge in [-0.05, 0) is 38.5 Å². The Bertz CT molecular complexity index is 1970. The van der Waals surface area contributed by atoms with E-state index in [9.17, 15) is 55.1 Å². The van der Waals surface area contributed by atoms with Gasteiger partial charge in [-0.2, -0.15) is 26.3 Å². The molecule has 0 saturated heterocycles. The van der Waals surface area contributed by atoms with Crippen LogP contribution in [0.4, 0.5) is 26.3 Å². The number of hydrogen-bond acceptors (Lipinski definition) is 10. The number of amides is 6. The minimum atomic E-state index is -5.08. The quantitative estimate of drug-likeness (QED) is 0.00887. The van der Waals surface area contributed by atoms with E-state index < -0.39 is 60.0 Å². The number of nitrogens with two attached hydrogens (primary N) is 5. The molecule has 0 aromatic heterocycles. The highest BCUT2D eigenvalue weighted by Gasteiger charge is 2.39. The molecule has 0 saturated carbocycles. The first-order valence-electron chi connectivity index (χ1n) is 33.8. The van der Waals surface area contributed by atoms with Gasteiger partial charge < -0.3 is 65.0 Å². The van der Waals surface area contributed by atoms with Crippen LogP contribution in [0.3, 0.4) is 0 Å². The summed E-state index contributed by atoms with van der Waals surface area (Å²) in [6.45, 7) is 5.61. The van der Waals surface area contributed by atoms with Gasteiger partial charge in [0.2, 0.25) is 35.4 Å². The van der Waals surface area contributed by atoms with E-state index in [1.165, 1.54) is 185 Å². The monoisotopic (exact) mass is 1330 g/mol. The van der Waals surface area contributed by atoms with E-state index in [4.69, 9.17) is 48.5 Å². The number of hydrogen-bond donors (Lipinski definition) is 11. The van der Waals surface area contributed by atoms with E-state index in [0.717, 1.165) is 50.7 Å². The van der Waals surface area contributed by atoms with Crippen LogP contribution in [-0.4, -0.2) is 138 Å². The van der Waals surface area contributed by atoms with Crippen molar-refractivity contribution in [1.29, 1.82) is 0 Å². The van der Waals surface area contributed by atoms with E-state index in [-0.39, 0.29) is 75.8 Å². The van der Waals surface area contributed by atoms with Crippen molar-refractivity contribution < 1.29 is 74.9 Å². The van der Waals surface area contributed by atoms with Crippen LogP contribution in [-0.2, 0) is 38.4 Å². The van der Waals surface area contributed by atoms with Gasteiger partial charge in [0.25, 0.3) is 0 Å². The molecule has 16 N–H and O–H groups in total. The summed E-state index contributed by atoms with van der Waals surface area (Å²) >= 11 is 0. The minimum Gasteiger partial charge on any atom is -0.475 e. The molecule has 0 fully saturated rings. The third-order valence-corrected chi connectivity index (χ3v) is 14.8. The smallest absolute Gasteiger partial charge is 0.475 e. The summed E-state index contributed by atoms with van der Waals surface area (Å²) in [5, 5.41) is 25.3. The Morgan fingerprint density at radius 2 is 0.707 bits per heavy atom. The summed E-state index contributed by atoms with van der Waals surface area (Å²) in [6.07, 6.45) is 36.7. The highest BCUT2D eigenvalue weighted by Crippen LogP contribution is 2.18. The van der Waals surface area contributed by atoms with Crippen molar-refractivity contribution in [1.82, 2.24) is 26.2 Å². The van der Waals surface area contributed by atoms with Crippen LogP contribution < -0.4 is 49.9 Å². The lowest BCUT2D eigenvalue weighted by molar-refractivity contribution is -0.193. The van der Waals surface area contributed by atoms with Crippen molar-refractivity contribution in [3.8, 4) is 0 Å². The van der Waals surface area contributed by atoms with Crippen LogP contribution in [0.5, 0.6) is 0 Å². The van der Waals surface area contributed by atoms with Gasteiger partial charge in [0.1, 0.15) is 12.1 Å². The number of halogens is 6. The highest BCUT2D eigenvalue weighted by atomic mass is 19.4. The summed E-state index contributed by atoms with van der Waals surface area (Å²) in [5.74, 6) is -8.62. The number of nitrogens with one attached hydrogen (secondary N) is 4. The minimum absolute atomic E-state index is 0.0860. The largest absolute Gasteiger partial charge is 0.490 e. The van der Waals surface area contributed by atoms with E-state index in [1.54, 1.807) is 0 Å². The molecule has 22 nitrogen and oxygen atoms in total. The number of carboxylic acid groups (broad SMARTS) is 2. The second-order valence-electron chi connectivity index (χ2n) is 23.2. The maximum Gasteiger partial charge on any atom is 0.490 e. The molecule has 0 rings (SSSR count). The van der Waals surface area contributed by atoms with Crippen molar-refractivity contribution in [2.24, 2.45) is 38.7 Å². The Morgan fingerprint density at radius 1 is 0.424 bits per heavy atom. The number of carboxylic acids is 2. The first-order chi connectivity index (χ1) is 43.7. The van der Waals surface area contributed by atoms with Gasteiger partial charge in [0, 0.05) is 64.3 Å². The summed E-state index contributed by atoms with van der Waals surface area (Å²) in [5.41, 5.74) is 27.3. The number of aliphatic imine (C=N–C) groups is 2. The fourth-order valence-corrected chi connectivity index (χ4v) is 9.50. The Labute approximate surface area is 543 Å². The van der Waals surface area contributed by atoms with Crippen LogP contribution in [0, 0.1) is 0 Å². The van der Waals surface area contributed by atoms with Crippen LogP contribution in [0.15, 0.2) is 22.1 Å². The lowest BCUT2D eigenvalue weighted by atomic mass is 10.0. The number of primary amides is 1. The normalized spacial score (nSPS) is 11.8. The molecule has 0 aliphatic rings. The van der Waals surface area contributed by atoms with E-state index >= 15 is 0 Å². The Morgan fingerprint density at radius 3 is 0.978 bits per heavy atom. The number of rotatable bonds is 56. The maximum absolute atomic E-state index is 13.6. The lowest BCUT2D eigenvalue weighted by Gasteiger charge is -2.22. The maximum atomic E-state index is 13.6. The number of alkyl halides is 6. The van der Waals surface area contributed by atoms with Crippen molar-refractivity contribution in [2.45, 2.75) is 295 Å². The fraction of sp³-hybridized carbons (Fsp3) is 0.812. The average Bonchev–Trinajstić information content (AvgIpc) is 1.22. The van der Waals surface area contributed by atoms with E-state index in [2.05, 4.69) is 45.1 Å². The summed E-state index contributed by atoms with van der Waals surface area (Å²) in [7, 11) is 0. The standard InChI is InChI=1S/C60H116N12O6.2C2HF3O2/c1-3-5-7-9-11-13-15-17-19-21-23-25-27-29-31-33-35-41-53(73)66-47-49-72(50-48-67-54(74)42-36-34-32-30-28-26-24-22-20-18-16-14-12-10-8-6-4-2)56(76)44-43-55(75)70-52(40-38-46-69-60(64)65)58(78)71-51(57(61)77)39-37-45-68-59(62)63;2*3-2(4,5)1(6)7/h43-44,51-52H,3-42,45-50H2,1-2H3,(H2,61,77)(H,66,73)(H,67,74)(H,70,75)(H,71,78)(H4,62,63,68)(H4,64,65,69);2*(H,6,7)/b44-43-;;/t51-,52-;;/m0../s1. The van der Waals surface area contributed by atoms with Gasteiger partial charge in [-0.3, -0.25) is 38.8 Å². The molecular weight excluding hydrogens is 1210 g/mol. The van der Waals surface area contributed by atoms with Crippen molar-refractivity contribution in [2.75, 3.05) is 39.3 Å². The molecule has 6 amide bonds. The van der Waals surface area contributed by atoms with Gasteiger partial charge in [0.15, 0.2) is 11.9 Å². The zero-order valence-corrected chi connectivity index (χ0v) is 55.5. The SMILES string of the molecule is CCCCCCCCCCCCCCCCCCCC(=O)NCCN(CCNC(=O)CCCCCCCCCCCCCCCCCCC)C(=O)/C=C\C(=O)N[C@@H](CCCN=C(N)N)C(=O)N[C@@H](CCCN=C(N)N)C(N)=O.O=C(O)C(F)(F)F.O=C(O)C(F)(F)F. The molecular formula is C64H118F6N12O10. The number of guanidine groups is 2. The van der Waals surface area contributed by atoms with Crippen molar-refractivity contribution in [3.05, 3.63) is 12.2 Å². The number of nitrogens with zero attached hydrogens (tertiary/aromatic N) is 3. The topological polar surface area (TPSA) is 383 Å². The van der Waals surface area contributed by atoms with Crippen LogP contribution in [0.2, 0.25) is 0 Å². The molecule has 0 heterocycles. The molecule has 0 unspecified atom stereocenters. The number of carbonyl (C=O) groups excluding carboxylic acids is 6. The number of aliphatic carboxylic acids is 2. The van der Waals surface area contributed by atoms with Gasteiger partial charge in [-0.1, -0.05) is 219 Å². The second-order valence-corrected chi connectivity index (χ2v) is 23.2. The molecule has 536 valence electrons. The highest BCUT2D eigenvalue weighted by molar-refractivity contribution is 5.99. The Hall–Kier alpha value is -6.38. The molecule has 92 heavy (non-hydrogen) atoms. The number of carbonyl (C=O) groups is 8. The third kappa shape index (κ3) is 63.8. The van der Waals surface area contributed by atoms with Gasteiger partial charge in [-0.15, -0.1) is 0 Å². The summed E-state index contributed by atoms with van der Waals surface area (Å²) in [6, 6.07) is -2.20. The van der Waals surface area contributed by atoms with Gasteiger partial charge >= 0.3 is 24.3 Å². The zero-order valence-electron chi connectivity index (χ0n) is 55.5. The Balaban J connectivity index is -0.00000502. The van der Waals surface area contributed by atoms with E-state index in [1.807, 2.05) is 0 Å². The molecule has 0 aliphatic carbocycles. The predicted molar refractivity (Wildman–Crippen MR) is 350 cm³/mol. The molecule has 0 bridgehead atoms.